The number of anilines is 3. The van der Waals surface area contributed by atoms with Gasteiger partial charge in [0.05, 0.1) is 28.5 Å². The molecule has 0 saturated carbocycles. The highest BCUT2D eigenvalue weighted by Crippen LogP contribution is 2.30. The molecule has 3 aromatic heterocycles. The van der Waals surface area contributed by atoms with Crippen LogP contribution < -0.4 is 15.5 Å². The summed E-state index contributed by atoms with van der Waals surface area (Å²) >= 11 is 0. The van der Waals surface area contributed by atoms with Crippen LogP contribution in [0.1, 0.15) is 11.4 Å². The van der Waals surface area contributed by atoms with Gasteiger partial charge in [-0.05, 0) is 26.0 Å². The molecule has 4 heterocycles. The van der Waals surface area contributed by atoms with Gasteiger partial charge in [0.1, 0.15) is 5.82 Å². The number of aromatic amines is 1. The predicted molar refractivity (Wildman–Crippen MR) is 107 cm³/mol. The molecule has 0 unspecified atom stereocenters. The Balaban J connectivity index is 1.50. The van der Waals surface area contributed by atoms with E-state index in [1.807, 2.05) is 36.7 Å². The van der Waals surface area contributed by atoms with Gasteiger partial charge in [-0.15, -0.1) is 0 Å². The number of benzene rings is 1. The van der Waals surface area contributed by atoms with Gasteiger partial charge in [0.15, 0.2) is 17.3 Å². The van der Waals surface area contributed by atoms with E-state index in [9.17, 15) is 4.39 Å². The summed E-state index contributed by atoms with van der Waals surface area (Å²) < 4.78 is 16.9. The zero-order chi connectivity index (χ0) is 19.3. The lowest BCUT2D eigenvalue weighted by Gasteiger charge is -2.29. The average molecular weight is 380 g/mol. The monoisotopic (exact) mass is 380 g/mol. The largest absolute Gasteiger partial charge is 0.369 e. The van der Waals surface area contributed by atoms with Crippen molar-refractivity contribution in [1.29, 1.82) is 0 Å². The molecule has 8 nitrogen and oxygen atoms in total. The van der Waals surface area contributed by atoms with Crippen molar-refractivity contribution >= 4 is 33.9 Å². The molecule has 0 amide bonds. The van der Waals surface area contributed by atoms with Gasteiger partial charge in [0.2, 0.25) is 0 Å². The Bertz CT molecular complexity index is 1170. The summed E-state index contributed by atoms with van der Waals surface area (Å²) in [5.74, 6) is 0.708. The molecular formula is C19H21FN8. The standard InChI is InChI=1S/C19H21FN8/c1-11-9-28-10-16(24-19(28)12(2)22-11)23-18-17-14(20)7-13(8-15(17)25-26-18)27-5-3-21-4-6-27/h7-10,21H,3-6H2,1-2H3,(H2,23,25,26). The Morgan fingerprint density at radius 1 is 1.11 bits per heavy atom. The van der Waals surface area contributed by atoms with Crippen molar-refractivity contribution in [2.24, 2.45) is 0 Å². The first-order valence-corrected chi connectivity index (χ1v) is 9.32. The molecule has 144 valence electrons. The number of fused-ring (bicyclic) bond motifs is 2. The molecule has 0 spiro atoms. The molecule has 28 heavy (non-hydrogen) atoms. The highest BCUT2D eigenvalue weighted by atomic mass is 19.1. The number of aromatic nitrogens is 5. The molecule has 4 aromatic rings. The molecule has 1 aromatic carbocycles. The van der Waals surface area contributed by atoms with E-state index in [0.29, 0.717) is 22.5 Å². The van der Waals surface area contributed by atoms with Crippen LogP contribution in [0.25, 0.3) is 16.6 Å². The second-order valence-corrected chi connectivity index (χ2v) is 7.11. The summed E-state index contributed by atoms with van der Waals surface area (Å²) in [6.07, 6.45) is 3.76. The van der Waals surface area contributed by atoms with Gasteiger partial charge in [-0.3, -0.25) is 10.1 Å². The van der Waals surface area contributed by atoms with Gasteiger partial charge in [0.25, 0.3) is 0 Å². The lowest BCUT2D eigenvalue weighted by molar-refractivity contribution is 0.586. The molecular weight excluding hydrogens is 359 g/mol. The normalized spacial score (nSPS) is 14.9. The third kappa shape index (κ3) is 2.84. The van der Waals surface area contributed by atoms with Crippen molar-refractivity contribution in [2.75, 3.05) is 36.4 Å². The van der Waals surface area contributed by atoms with E-state index in [1.165, 1.54) is 0 Å². The van der Waals surface area contributed by atoms with Gasteiger partial charge in [-0.1, -0.05) is 0 Å². The first kappa shape index (κ1) is 16.9. The number of aryl methyl sites for hydroxylation is 2. The number of hydrogen-bond donors (Lipinski definition) is 3. The molecule has 1 aliphatic heterocycles. The van der Waals surface area contributed by atoms with Crippen molar-refractivity contribution in [2.45, 2.75) is 13.8 Å². The summed E-state index contributed by atoms with van der Waals surface area (Å²) in [6.45, 7) is 7.37. The number of nitrogens with zero attached hydrogens (tertiary/aromatic N) is 5. The first-order valence-electron chi connectivity index (χ1n) is 9.32. The smallest absolute Gasteiger partial charge is 0.164 e. The molecule has 1 saturated heterocycles. The Hall–Kier alpha value is -3.20. The highest BCUT2D eigenvalue weighted by molar-refractivity contribution is 5.93. The maximum atomic E-state index is 14.9. The van der Waals surface area contributed by atoms with E-state index >= 15 is 0 Å². The zero-order valence-electron chi connectivity index (χ0n) is 15.8. The van der Waals surface area contributed by atoms with Crippen LogP contribution in [0.5, 0.6) is 0 Å². The fourth-order valence-electron chi connectivity index (χ4n) is 3.78. The number of halogens is 1. The molecule has 1 fully saturated rings. The molecule has 0 atom stereocenters. The molecule has 0 aliphatic carbocycles. The van der Waals surface area contributed by atoms with Crippen molar-refractivity contribution in [1.82, 2.24) is 29.9 Å². The molecule has 1 aliphatic rings. The van der Waals surface area contributed by atoms with Crippen LogP contribution >= 0.6 is 0 Å². The van der Waals surface area contributed by atoms with Crippen LogP contribution in [0.4, 0.5) is 21.7 Å². The van der Waals surface area contributed by atoms with E-state index in [2.05, 4.69) is 35.7 Å². The van der Waals surface area contributed by atoms with Crippen LogP contribution in [-0.4, -0.2) is 50.7 Å². The SMILES string of the molecule is Cc1cn2cc(Nc3n[nH]c4cc(N5CCNCC5)cc(F)c34)nc2c(C)n1. The number of piperazine rings is 1. The lowest BCUT2D eigenvalue weighted by atomic mass is 10.2. The van der Waals surface area contributed by atoms with E-state index in [-0.39, 0.29) is 5.82 Å². The third-order valence-electron chi connectivity index (χ3n) is 5.05. The summed E-state index contributed by atoms with van der Waals surface area (Å²) in [6, 6.07) is 3.53. The summed E-state index contributed by atoms with van der Waals surface area (Å²) in [5.41, 5.74) is 4.03. The second kappa shape index (κ2) is 6.45. The van der Waals surface area contributed by atoms with Gasteiger partial charge < -0.3 is 19.9 Å². The van der Waals surface area contributed by atoms with E-state index in [0.717, 1.165) is 48.9 Å². The van der Waals surface area contributed by atoms with E-state index in [4.69, 9.17) is 0 Å². The number of hydrogen-bond acceptors (Lipinski definition) is 6. The van der Waals surface area contributed by atoms with Gasteiger partial charge in [-0.25, -0.2) is 9.37 Å². The fourth-order valence-corrected chi connectivity index (χ4v) is 3.78. The number of imidazole rings is 1. The molecule has 3 N–H and O–H groups in total. The molecule has 0 bridgehead atoms. The van der Waals surface area contributed by atoms with Crippen molar-refractivity contribution < 1.29 is 4.39 Å². The van der Waals surface area contributed by atoms with Crippen LogP contribution in [0, 0.1) is 19.7 Å². The van der Waals surface area contributed by atoms with Crippen LogP contribution in [-0.2, 0) is 0 Å². The minimum Gasteiger partial charge on any atom is -0.369 e. The molecule has 0 radical (unpaired) electrons. The minimum absolute atomic E-state index is 0.306. The number of nitrogens with one attached hydrogen (secondary N) is 3. The lowest BCUT2D eigenvalue weighted by Crippen LogP contribution is -2.43. The maximum absolute atomic E-state index is 14.9. The topological polar surface area (TPSA) is 86.2 Å². The Morgan fingerprint density at radius 2 is 1.93 bits per heavy atom. The zero-order valence-corrected chi connectivity index (χ0v) is 15.8. The highest BCUT2D eigenvalue weighted by Gasteiger charge is 2.18. The summed E-state index contributed by atoms with van der Waals surface area (Å²) in [7, 11) is 0. The second-order valence-electron chi connectivity index (χ2n) is 7.11. The van der Waals surface area contributed by atoms with Crippen LogP contribution in [0.3, 0.4) is 0 Å². The van der Waals surface area contributed by atoms with Gasteiger partial charge >= 0.3 is 0 Å². The van der Waals surface area contributed by atoms with Crippen LogP contribution in [0.15, 0.2) is 24.5 Å². The van der Waals surface area contributed by atoms with Gasteiger partial charge in [-0.2, -0.15) is 5.10 Å². The van der Waals surface area contributed by atoms with Crippen molar-refractivity contribution in [3.63, 3.8) is 0 Å². The van der Waals surface area contributed by atoms with E-state index < -0.39 is 0 Å². The minimum atomic E-state index is -0.306. The molecule has 5 rings (SSSR count). The maximum Gasteiger partial charge on any atom is 0.164 e. The van der Waals surface area contributed by atoms with E-state index in [1.54, 1.807) is 6.07 Å². The summed E-state index contributed by atoms with van der Waals surface area (Å²) in [5, 5.41) is 14.1. The number of rotatable bonds is 3. The average Bonchev–Trinajstić information content (AvgIpc) is 3.27. The quantitative estimate of drug-likeness (QED) is 0.506. The fraction of sp³-hybridized carbons (Fsp3) is 0.316. The third-order valence-corrected chi connectivity index (χ3v) is 5.05. The van der Waals surface area contributed by atoms with Gasteiger partial charge in [0, 0.05) is 38.1 Å². The Morgan fingerprint density at radius 3 is 2.75 bits per heavy atom. The Labute approximate surface area is 160 Å². The van der Waals surface area contributed by atoms with Crippen molar-refractivity contribution in [3.05, 3.63) is 41.7 Å². The first-order chi connectivity index (χ1) is 13.6. The van der Waals surface area contributed by atoms with Crippen molar-refractivity contribution in [3.8, 4) is 0 Å². The Kier molecular flexibility index (Phi) is 3.90. The predicted octanol–water partition coefficient (Wildman–Crippen LogP) is 2.51. The number of H-pyrrole nitrogens is 1. The summed E-state index contributed by atoms with van der Waals surface area (Å²) in [4.78, 5) is 11.2. The molecule has 9 heteroatoms. The van der Waals surface area contributed by atoms with Crippen LogP contribution in [0.2, 0.25) is 0 Å².